The van der Waals surface area contributed by atoms with E-state index in [0.717, 1.165) is 23.1 Å². The predicted octanol–water partition coefficient (Wildman–Crippen LogP) is 9.58. The molecule has 0 unspecified atom stereocenters. The molecule has 0 radical (unpaired) electrons. The second-order valence-electron chi connectivity index (χ2n) is 9.30. The van der Waals surface area contributed by atoms with Crippen LogP contribution >= 0.6 is 27.3 Å². The van der Waals surface area contributed by atoms with Crippen molar-refractivity contribution in [3.8, 4) is 17.0 Å². The molecule has 0 saturated heterocycles. The molecule has 0 amide bonds. The van der Waals surface area contributed by atoms with Gasteiger partial charge in [0.2, 0.25) is 0 Å². The molecule has 2 aliphatic carbocycles. The lowest BCUT2D eigenvalue weighted by atomic mass is 9.90. The normalized spacial score (nSPS) is 15.5. The standard InChI is InChI=1S/C14H13F2NO3.C13H13BrFNS.C2H6/c15-14(16)19-11-4-2-1-3-9(11)12-10(7-18)13(20-17-12)8-5-6-8;14-9-6-12-11(7-10(9)15)16-13(17-12)8-4-2-1-3-5-8;1-2/h1-4,8,14,18H,5-7H2;6-8H,1-5H2;1-2H3. The summed E-state index contributed by atoms with van der Waals surface area (Å²) in [6, 6.07) is 9.72. The number of alkyl halides is 2. The number of hydrogen-bond acceptors (Lipinski definition) is 6. The van der Waals surface area contributed by atoms with Gasteiger partial charge in [0.1, 0.15) is 23.0 Å². The van der Waals surface area contributed by atoms with Gasteiger partial charge >= 0.3 is 6.61 Å². The Morgan fingerprint density at radius 2 is 1.79 bits per heavy atom. The first-order chi connectivity index (χ1) is 18.9. The minimum atomic E-state index is -2.91. The van der Waals surface area contributed by atoms with E-state index in [1.165, 1.54) is 49.2 Å². The number of benzene rings is 2. The topological polar surface area (TPSA) is 68.4 Å². The Labute approximate surface area is 238 Å². The van der Waals surface area contributed by atoms with E-state index < -0.39 is 6.61 Å². The Kier molecular flexibility index (Phi) is 10.4. The van der Waals surface area contributed by atoms with Crippen molar-refractivity contribution in [3.05, 3.63) is 63.0 Å². The van der Waals surface area contributed by atoms with Crippen LogP contribution in [0.5, 0.6) is 5.75 Å². The predicted molar refractivity (Wildman–Crippen MR) is 151 cm³/mol. The van der Waals surface area contributed by atoms with Crippen LogP contribution in [0.25, 0.3) is 21.5 Å². The smallest absolute Gasteiger partial charge is 0.387 e. The fourth-order valence-electron chi connectivity index (χ4n) is 4.68. The van der Waals surface area contributed by atoms with Crippen LogP contribution in [0.2, 0.25) is 0 Å². The number of aliphatic hydroxyl groups is 1. The first-order valence-corrected chi connectivity index (χ1v) is 14.9. The number of nitrogens with zero attached hydrogens (tertiary/aromatic N) is 2. The van der Waals surface area contributed by atoms with Gasteiger partial charge in [-0.3, -0.25) is 0 Å². The van der Waals surface area contributed by atoms with E-state index in [4.69, 9.17) is 4.52 Å². The van der Waals surface area contributed by atoms with Gasteiger partial charge in [-0.1, -0.05) is 50.4 Å². The number of thiazole rings is 1. The summed E-state index contributed by atoms with van der Waals surface area (Å²) in [5.41, 5.74) is 2.12. The molecule has 0 atom stereocenters. The van der Waals surface area contributed by atoms with Gasteiger partial charge in [-0.25, -0.2) is 9.37 Å². The fraction of sp³-hybridized carbons (Fsp3) is 0.448. The molecule has 0 bridgehead atoms. The maximum Gasteiger partial charge on any atom is 0.387 e. The number of aromatic nitrogens is 2. The molecule has 39 heavy (non-hydrogen) atoms. The van der Waals surface area contributed by atoms with Gasteiger partial charge < -0.3 is 14.4 Å². The van der Waals surface area contributed by atoms with Gasteiger partial charge in [-0.15, -0.1) is 11.3 Å². The Hall–Kier alpha value is -2.43. The lowest BCUT2D eigenvalue weighted by Gasteiger charge is -2.18. The highest BCUT2D eigenvalue weighted by atomic mass is 79.9. The zero-order valence-electron chi connectivity index (χ0n) is 21.9. The molecule has 2 saturated carbocycles. The minimum Gasteiger partial charge on any atom is -0.434 e. The fourth-order valence-corrected chi connectivity index (χ4v) is 6.33. The molecule has 2 fully saturated rings. The van der Waals surface area contributed by atoms with Crippen LogP contribution in [-0.2, 0) is 6.61 Å². The molecule has 5 nitrogen and oxygen atoms in total. The van der Waals surface area contributed by atoms with Crippen molar-refractivity contribution >= 4 is 37.5 Å². The number of fused-ring (bicyclic) bond motifs is 1. The quantitative estimate of drug-likeness (QED) is 0.231. The second kappa shape index (κ2) is 13.8. The van der Waals surface area contributed by atoms with E-state index in [1.807, 2.05) is 19.9 Å². The van der Waals surface area contributed by atoms with Crippen LogP contribution < -0.4 is 4.74 Å². The highest BCUT2D eigenvalue weighted by Crippen LogP contribution is 2.45. The third-order valence-corrected chi connectivity index (χ3v) is 8.47. The molecule has 0 aliphatic heterocycles. The molecule has 2 heterocycles. The van der Waals surface area contributed by atoms with Crippen molar-refractivity contribution < 1.29 is 27.5 Å². The summed E-state index contributed by atoms with van der Waals surface area (Å²) < 4.78 is 49.6. The van der Waals surface area contributed by atoms with Crippen molar-refractivity contribution in [2.24, 2.45) is 0 Å². The van der Waals surface area contributed by atoms with Crippen LogP contribution in [0.4, 0.5) is 13.2 Å². The average molecular weight is 626 g/mol. The van der Waals surface area contributed by atoms with Gasteiger partial charge in [0, 0.05) is 29.0 Å². The average Bonchev–Trinajstić information content (AvgIpc) is 3.58. The van der Waals surface area contributed by atoms with Crippen LogP contribution in [0.3, 0.4) is 0 Å². The molecule has 2 aromatic carbocycles. The molecular formula is C29H32BrF3N2O3S. The molecule has 1 N–H and O–H groups in total. The molecule has 4 aromatic rings. The van der Waals surface area contributed by atoms with Crippen molar-refractivity contribution in [2.75, 3.05) is 0 Å². The maximum absolute atomic E-state index is 13.4. The summed E-state index contributed by atoms with van der Waals surface area (Å²) in [4.78, 5) is 4.60. The van der Waals surface area contributed by atoms with E-state index in [0.29, 0.717) is 33.0 Å². The van der Waals surface area contributed by atoms with E-state index >= 15 is 0 Å². The highest BCUT2D eigenvalue weighted by Gasteiger charge is 2.33. The SMILES string of the molecule is CC.Fc1cc2nc(C3CCCCC3)sc2cc1Br.OCc1c(-c2ccccc2OC(F)F)noc1C1CC1. The molecular weight excluding hydrogens is 593 g/mol. The van der Waals surface area contributed by atoms with E-state index in [2.05, 4.69) is 30.8 Å². The Morgan fingerprint density at radius 3 is 2.46 bits per heavy atom. The number of ether oxygens (including phenoxy) is 1. The van der Waals surface area contributed by atoms with Crippen LogP contribution in [0.1, 0.15) is 87.0 Å². The van der Waals surface area contributed by atoms with E-state index in [-0.39, 0.29) is 24.1 Å². The summed E-state index contributed by atoms with van der Waals surface area (Å²) in [6.07, 6.45) is 8.43. The third kappa shape index (κ3) is 7.21. The summed E-state index contributed by atoms with van der Waals surface area (Å²) in [5, 5.41) is 14.6. The number of aliphatic hydroxyl groups excluding tert-OH is 1. The lowest BCUT2D eigenvalue weighted by molar-refractivity contribution is -0.0494. The van der Waals surface area contributed by atoms with Gasteiger partial charge in [0.15, 0.2) is 0 Å². The summed E-state index contributed by atoms with van der Waals surface area (Å²) >= 11 is 4.94. The van der Waals surface area contributed by atoms with Crippen LogP contribution in [0.15, 0.2) is 45.4 Å². The van der Waals surface area contributed by atoms with Crippen LogP contribution in [-0.4, -0.2) is 21.9 Å². The molecule has 2 aromatic heterocycles. The van der Waals surface area contributed by atoms with Crippen molar-refractivity contribution in [1.82, 2.24) is 10.1 Å². The van der Waals surface area contributed by atoms with Crippen molar-refractivity contribution in [1.29, 1.82) is 0 Å². The first-order valence-electron chi connectivity index (χ1n) is 13.3. The van der Waals surface area contributed by atoms with Gasteiger partial charge in [0.05, 0.1) is 26.3 Å². The largest absolute Gasteiger partial charge is 0.434 e. The summed E-state index contributed by atoms with van der Waals surface area (Å²) in [5.74, 6) is 1.32. The van der Waals surface area contributed by atoms with Crippen molar-refractivity contribution in [2.45, 2.75) is 83.8 Å². The molecule has 10 heteroatoms. The third-order valence-electron chi connectivity index (χ3n) is 6.68. The number of para-hydroxylation sites is 1. The Balaban J connectivity index is 0.000000172. The number of rotatable bonds is 6. The number of halogens is 4. The zero-order valence-corrected chi connectivity index (χ0v) is 24.3. The maximum atomic E-state index is 13.4. The van der Waals surface area contributed by atoms with Crippen LogP contribution in [0, 0.1) is 5.82 Å². The highest BCUT2D eigenvalue weighted by molar-refractivity contribution is 9.10. The van der Waals surface area contributed by atoms with Crippen molar-refractivity contribution in [3.63, 3.8) is 0 Å². The molecule has 0 spiro atoms. The molecule has 210 valence electrons. The monoisotopic (exact) mass is 624 g/mol. The second-order valence-corrected chi connectivity index (χ2v) is 11.2. The zero-order chi connectivity index (χ0) is 27.9. The summed E-state index contributed by atoms with van der Waals surface area (Å²) in [7, 11) is 0. The summed E-state index contributed by atoms with van der Waals surface area (Å²) in [6.45, 7) is 0.844. The number of hydrogen-bond donors (Lipinski definition) is 1. The van der Waals surface area contributed by atoms with Gasteiger partial charge in [-0.2, -0.15) is 8.78 Å². The lowest BCUT2D eigenvalue weighted by Crippen LogP contribution is -2.03. The van der Waals surface area contributed by atoms with E-state index in [9.17, 15) is 18.3 Å². The molecule has 6 rings (SSSR count). The Bertz CT molecular complexity index is 1330. The van der Waals surface area contributed by atoms with E-state index in [1.54, 1.807) is 29.5 Å². The minimum absolute atomic E-state index is 0.0212. The first kappa shape index (κ1) is 29.6. The molecule has 2 aliphatic rings. The van der Waals surface area contributed by atoms with Gasteiger partial charge in [-0.05, 0) is 59.8 Å². The Morgan fingerprint density at radius 1 is 1.08 bits per heavy atom. The van der Waals surface area contributed by atoms with Gasteiger partial charge in [0.25, 0.3) is 0 Å².